The van der Waals surface area contributed by atoms with Gasteiger partial charge in [0.2, 0.25) is 11.8 Å². The van der Waals surface area contributed by atoms with Gasteiger partial charge in [0.25, 0.3) is 5.56 Å². The first-order valence-electron chi connectivity index (χ1n) is 18.5. The molecule has 0 atom stereocenters. The Labute approximate surface area is 340 Å². The molecular weight excluding hydrogens is 787 g/mol. The molecule has 0 bridgehead atoms. The maximum atomic E-state index is 15.4. The zero-order valence-corrected chi connectivity index (χ0v) is 32.5. The second-order valence-electron chi connectivity index (χ2n) is 13.6. The van der Waals surface area contributed by atoms with E-state index >= 15 is 4.39 Å². The molecule has 59 heavy (non-hydrogen) atoms. The van der Waals surface area contributed by atoms with Crippen molar-refractivity contribution in [2.24, 2.45) is 0 Å². The monoisotopic (exact) mass is 823 g/mol. The number of aromatic nitrogens is 5. The number of carbonyl (C=O) groups excluding carboxylic acids is 2. The van der Waals surface area contributed by atoms with E-state index in [9.17, 15) is 28.3 Å². The number of benzene rings is 3. The van der Waals surface area contributed by atoms with Crippen LogP contribution in [-0.4, -0.2) is 104 Å². The number of nitrogens with zero attached hydrogens (tertiary/aromatic N) is 9. The lowest BCUT2D eigenvalue weighted by atomic mass is 10.0. The van der Waals surface area contributed by atoms with Crippen LogP contribution < -0.4 is 15.4 Å². The molecule has 302 valence electrons. The number of fused-ring (bicyclic) bond motifs is 2. The van der Waals surface area contributed by atoms with Gasteiger partial charge in [0.1, 0.15) is 52.7 Å². The van der Waals surface area contributed by atoms with Crippen molar-refractivity contribution in [2.45, 2.75) is 6.92 Å². The maximum absolute atomic E-state index is 15.4. The van der Waals surface area contributed by atoms with Gasteiger partial charge < -0.3 is 24.7 Å². The van der Waals surface area contributed by atoms with Crippen molar-refractivity contribution >= 4 is 56.9 Å². The van der Waals surface area contributed by atoms with Crippen molar-refractivity contribution in [3.63, 3.8) is 0 Å². The summed E-state index contributed by atoms with van der Waals surface area (Å²) >= 11 is 6.33. The summed E-state index contributed by atoms with van der Waals surface area (Å²) in [5.74, 6) is -1.68. The number of aromatic hydroxyl groups is 1. The van der Waals surface area contributed by atoms with Gasteiger partial charge in [-0.1, -0.05) is 43.0 Å². The molecule has 3 aromatic carbocycles. The molecule has 2 aliphatic rings. The van der Waals surface area contributed by atoms with Gasteiger partial charge in [-0.3, -0.25) is 19.0 Å². The second-order valence-corrected chi connectivity index (χ2v) is 14.1. The molecular formula is C42H37ClF3N9O4. The van der Waals surface area contributed by atoms with E-state index in [2.05, 4.69) is 33.1 Å². The molecule has 0 aliphatic carbocycles. The van der Waals surface area contributed by atoms with E-state index in [1.54, 1.807) is 41.0 Å². The van der Waals surface area contributed by atoms with Crippen molar-refractivity contribution in [1.82, 2.24) is 34.3 Å². The summed E-state index contributed by atoms with van der Waals surface area (Å²) in [6.45, 7) is 12.9. The molecule has 0 unspecified atom stereocenters. The van der Waals surface area contributed by atoms with Crippen LogP contribution in [0.1, 0.15) is 5.69 Å². The summed E-state index contributed by atoms with van der Waals surface area (Å²) in [6.07, 6.45) is 5.15. The number of rotatable bonds is 6. The van der Waals surface area contributed by atoms with E-state index < -0.39 is 28.8 Å². The number of aryl methyl sites for hydroxylation is 1. The number of pyridine rings is 1. The van der Waals surface area contributed by atoms with Gasteiger partial charge in [0, 0.05) is 69.0 Å². The van der Waals surface area contributed by atoms with Crippen LogP contribution in [0.4, 0.5) is 24.8 Å². The Hall–Kier alpha value is -6.81. The molecule has 13 nitrogen and oxygen atoms in total. The van der Waals surface area contributed by atoms with Crippen molar-refractivity contribution in [3.05, 3.63) is 131 Å². The van der Waals surface area contributed by atoms with Crippen LogP contribution in [0, 0.1) is 24.4 Å². The van der Waals surface area contributed by atoms with Gasteiger partial charge in [-0.25, -0.2) is 33.1 Å². The topological polar surface area (TPSA) is 141 Å². The number of hydrogen-bond acceptors (Lipinski definition) is 10. The molecule has 0 spiro atoms. The highest BCUT2D eigenvalue weighted by Crippen LogP contribution is 2.42. The summed E-state index contributed by atoms with van der Waals surface area (Å²) in [7, 11) is 0. The molecule has 17 heteroatoms. The number of carbonyl (C=O) groups is 2. The molecule has 2 amide bonds. The largest absolute Gasteiger partial charge is 0.507 e. The quantitative estimate of drug-likeness (QED) is 0.204. The van der Waals surface area contributed by atoms with Gasteiger partial charge in [0.05, 0.1) is 21.7 Å². The van der Waals surface area contributed by atoms with Gasteiger partial charge >= 0.3 is 0 Å². The van der Waals surface area contributed by atoms with Crippen LogP contribution in [0.2, 0.25) is 5.02 Å². The predicted octanol–water partition coefficient (Wildman–Crippen LogP) is 5.83. The molecule has 0 saturated carbocycles. The highest BCUT2D eigenvalue weighted by Gasteiger charge is 2.27. The first-order valence-corrected chi connectivity index (χ1v) is 18.9. The first kappa shape index (κ1) is 40.4. The third-order valence-corrected chi connectivity index (χ3v) is 10.5. The molecule has 8 rings (SSSR count). The van der Waals surface area contributed by atoms with E-state index in [-0.39, 0.29) is 44.7 Å². The second kappa shape index (κ2) is 17.0. The summed E-state index contributed by atoms with van der Waals surface area (Å²) in [5.41, 5.74) is -0.00325. The van der Waals surface area contributed by atoms with Crippen LogP contribution in [0.5, 0.6) is 5.75 Å². The zero-order chi connectivity index (χ0) is 42.0. The molecule has 3 aromatic heterocycles. The molecule has 2 saturated heterocycles. The van der Waals surface area contributed by atoms with Crippen molar-refractivity contribution < 1.29 is 27.9 Å². The van der Waals surface area contributed by atoms with Crippen LogP contribution >= 0.6 is 11.6 Å². The predicted molar refractivity (Wildman–Crippen MR) is 219 cm³/mol. The number of phenols is 1. The van der Waals surface area contributed by atoms with Crippen LogP contribution in [0.25, 0.3) is 38.6 Å². The average molecular weight is 824 g/mol. The molecule has 1 N–H and O–H groups in total. The number of phenolic OH excluding ortho intramolecular Hbond substituents is 1. The molecule has 2 aliphatic heterocycles. The Bertz CT molecular complexity index is 2680. The van der Waals surface area contributed by atoms with Crippen molar-refractivity contribution in [1.29, 1.82) is 0 Å². The normalized spacial score (nSPS) is 14.3. The van der Waals surface area contributed by atoms with E-state index in [4.69, 9.17) is 11.6 Å². The van der Waals surface area contributed by atoms with E-state index in [1.165, 1.54) is 53.6 Å². The molecule has 5 heterocycles. The standard InChI is InChI=1S/C21H17ClF2N4O2.C21H20FN5O2/c1-2-16(30)27-6-8-28(9-7-27)21-12-10-13(22)17(19(24)20(12)25-11-26-21)18-14(23)4-3-5-15(18)29;1-3-18(28)25-8-10-26(11-9-25)20-15-12-14(2)27(17-7-5-4-6-16(17)22)21(29)19(15)23-13-24-20/h2-5,10-11,29H,1,6-9H2;3-7,12-13H,1,8-11H2,2H3. The fourth-order valence-corrected chi connectivity index (χ4v) is 7.59. The highest BCUT2D eigenvalue weighted by molar-refractivity contribution is 6.34. The Morgan fingerprint density at radius 2 is 1.24 bits per heavy atom. The number of anilines is 2. The lowest BCUT2D eigenvalue weighted by Gasteiger charge is -2.35. The highest BCUT2D eigenvalue weighted by atomic mass is 35.5. The fourth-order valence-electron chi connectivity index (χ4n) is 7.31. The van der Waals surface area contributed by atoms with Crippen molar-refractivity contribution in [3.8, 4) is 22.6 Å². The number of piperazine rings is 2. The Kier molecular flexibility index (Phi) is 11.6. The lowest BCUT2D eigenvalue weighted by Crippen LogP contribution is -2.48. The number of hydrogen-bond donors (Lipinski definition) is 1. The summed E-state index contributed by atoms with van der Waals surface area (Å²) in [6, 6.07) is 13.1. The SMILES string of the molecule is C=CC(=O)N1CCN(c2ncnc3c(=O)n(-c4ccccc4F)c(C)cc23)CC1.C=CC(=O)N1CCN(c2ncnc3c(F)c(-c4c(O)cccc4F)c(Cl)cc23)CC1. The first-order chi connectivity index (χ1) is 28.4. The summed E-state index contributed by atoms with van der Waals surface area (Å²) in [5, 5.41) is 11.0. The minimum absolute atomic E-state index is 0.0355. The number of halogens is 4. The van der Waals surface area contributed by atoms with Gasteiger partial charge in [-0.05, 0) is 55.5 Å². The molecule has 6 aromatic rings. The smallest absolute Gasteiger partial charge is 0.282 e. The van der Waals surface area contributed by atoms with E-state index in [1.807, 2.05) is 9.80 Å². The molecule has 0 radical (unpaired) electrons. The summed E-state index contributed by atoms with van der Waals surface area (Å²) in [4.78, 5) is 60.9. The fraction of sp³-hybridized carbons (Fsp3) is 0.214. The minimum Gasteiger partial charge on any atom is -0.507 e. The molecule has 2 fully saturated rings. The third kappa shape index (κ3) is 7.78. The number of para-hydroxylation sites is 1. The van der Waals surface area contributed by atoms with Crippen LogP contribution in [0.3, 0.4) is 0 Å². The van der Waals surface area contributed by atoms with Crippen molar-refractivity contribution in [2.75, 3.05) is 62.2 Å². The van der Waals surface area contributed by atoms with Gasteiger partial charge in [-0.2, -0.15) is 0 Å². The Balaban J connectivity index is 0.000000179. The Morgan fingerprint density at radius 1 is 0.712 bits per heavy atom. The van der Waals surface area contributed by atoms with Crippen LogP contribution in [-0.2, 0) is 9.59 Å². The number of amides is 2. The Morgan fingerprint density at radius 3 is 1.78 bits per heavy atom. The van der Waals surface area contributed by atoms with Gasteiger partial charge in [-0.15, -0.1) is 0 Å². The van der Waals surface area contributed by atoms with E-state index in [0.29, 0.717) is 80.5 Å². The minimum atomic E-state index is -0.845. The van der Waals surface area contributed by atoms with Crippen LogP contribution in [0.15, 0.2) is 97.4 Å². The lowest BCUT2D eigenvalue weighted by molar-refractivity contribution is -0.127. The van der Waals surface area contributed by atoms with E-state index in [0.717, 1.165) is 6.07 Å². The zero-order valence-electron chi connectivity index (χ0n) is 31.8. The summed E-state index contributed by atoms with van der Waals surface area (Å²) < 4.78 is 45.4. The maximum Gasteiger partial charge on any atom is 0.282 e. The third-order valence-electron chi connectivity index (χ3n) is 10.2. The van der Waals surface area contributed by atoms with Gasteiger partial charge in [0.15, 0.2) is 5.82 Å². The average Bonchev–Trinajstić information content (AvgIpc) is 3.25.